The Morgan fingerprint density at radius 3 is 2.25 bits per heavy atom. The molecule has 2 fully saturated rings. The maximum Gasteiger partial charge on any atom is 0.227 e. The van der Waals surface area contributed by atoms with Gasteiger partial charge in [0.15, 0.2) is 0 Å². The number of rotatable bonds is 3. The second-order valence-corrected chi connectivity index (χ2v) is 7.22. The third kappa shape index (κ3) is 4.10. The first-order valence-corrected chi connectivity index (χ1v) is 9.33. The molecule has 1 aliphatic carbocycles. The molecule has 0 radical (unpaired) electrons. The monoisotopic (exact) mass is 348 g/mol. The fourth-order valence-corrected chi connectivity index (χ4v) is 3.90. The van der Waals surface area contributed by atoms with Crippen LogP contribution in [0.4, 0.5) is 0 Å². The molecule has 1 heterocycles. The summed E-state index contributed by atoms with van der Waals surface area (Å²) in [7, 11) is 0. The Balaban J connectivity index is 1.50. The first kappa shape index (κ1) is 17.3. The summed E-state index contributed by atoms with van der Waals surface area (Å²) in [4.78, 5) is 28.8. The summed E-state index contributed by atoms with van der Waals surface area (Å²) in [6, 6.07) is 7.47. The van der Waals surface area contributed by atoms with Gasteiger partial charge in [-0.15, -0.1) is 0 Å². The molecule has 0 bridgehead atoms. The third-order valence-electron chi connectivity index (χ3n) is 5.20. The van der Waals surface area contributed by atoms with Gasteiger partial charge in [0.1, 0.15) is 0 Å². The average Bonchev–Trinajstić information content (AvgIpc) is 2.64. The molecule has 24 heavy (non-hydrogen) atoms. The van der Waals surface area contributed by atoms with Crippen molar-refractivity contribution >= 4 is 23.4 Å². The number of benzene rings is 1. The van der Waals surface area contributed by atoms with Crippen molar-refractivity contribution < 1.29 is 9.59 Å². The number of nitrogens with zero attached hydrogens (tertiary/aromatic N) is 2. The summed E-state index contributed by atoms with van der Waals surface area (Å²) in [5.41, 5.74) is 0.866. The van der Waals surface area contributed by atoms with Crippen LogP contribution in [0.1, 0.15) is 37.7 Å². The molecule has 1 aromatic carbocycles. The van der Waals surface area contributed by atoms with E-state index in [1.54, 1.807) is 0 Å². The number of hydrogen-bond donors (Lipinski definition) is 0. The Morgan fingerprint density at radius 1 is 0.958 bits per heavy atom. The van der Waals surface area contributed by atoms with E-state index in [9.17, 15) is 9.59 Å². The molecule has 5 heteroatoms. The van der Waals surface area contributed by atoms with E-state index in [0.717, 1.165) is 18.4 Å². The van der Waals surface area contributed by atoms with Gasteiger partial charge >= 0.3 is 0 Å². The van der Waals surface area contributed by atoms with Crippen molar-refractivity contribution in [1.82, 2.24) is 9.80 Å². The maximum absolute atomic E-state index is 12.6. The Labute approximate surface area is 148 Å². The lowest BCUT2D eigenvalue weighted by molar-refractivity contribution is -0.142. The minimum Gasteiger partial charge on any atom is -0.339 e. The van der Waals surface area contributed by atoms with E-state index in [0.29, 0.717) is 43.5 Å². The molecule has 2 amide bonds. The normalized spacial score (nSPS) is 19.4. The van der Waals surface area contributed by atoms with Crippen LogP contribution in [-0.2, 0) is 16.0 Å². The molecule has 1 aliphatic heterocycles. The lowest BCUT2D eigenvalue weighted by atomic mass is 9.88. The Kier molecular flexibility index (Phi) is 5.77. The predicted molar refractivity (Wildman–Crippen MR) is 94.9 cm³/mol. The van der Waals surface area contributed by atoms with Gasteiger partial charge in [-0.25, -0.2) is 0 Å². The smallest absolute Gasteiger partial charge is 0.227 e. The van der Waals surface area contributed by atoms with E-state index >= 15 is 0 Å². The minimum absolute atomic E-state index is 0.0906. The molecular formula is C19H25ClN2O2. The van der Waals surface area contributed by atoms with Crippen LogP contribution in [-0.4, -0.2) is 47.8 Å². The fourth-order valence-electron chi connectivity index (χ4n) is 3.70. The lowest BCUT2D eigenvalue weighted by Crippen LogP contribution is -2.52. The number of hydrogen-bond acceptors (Lipinski definition) is 2. The van der Waals surface area contributed by atoms with Gasteiger partial charge in [-0.1, -0.05) is 49.1 Å². The first-order chi connectivity index (χ1) is 11.6. The molecule has 0 unspecified atom stereocenters. The van der Waals surface area contributed by atoms with Gasteiger partial charge in [0, 0.05) is 37.1 Å². The number of carbonyl (C=O) groups is 2. The van der Waals surface area contributed by atoms with E-state index in [2.05, 4.69) is 0 Å². The molecule has 0 spiro atoms. The van der Waals surface area contributed by atoms with E-state index in [1.807, 2.05) is 34.1 Å². The maximum atomic E-state index is 12.6. The fraction of sp³-hybridized carbons (Fsp3) is 0.579. The molecule has 0 aromatic heterocycles. The van der Waals surface area contributed by atoms with Crippen LogP contribution in [0.15, 0.2) is 24.3 Å². The largest absolute Gasteiger partial charge is 0.339 e. The minimum atomic E-state index is 0.0906. The lowest BCUT2D eigenvalue weighted by Gasteiger charge is -2.37. The van der Waals surface area contributed by atoms with Gasteiger partial charge in [0.25, 0.3) is 0 Å². The Bertz CT molecular complexity index is 591. The summed E-state index contributed by atoms with van der Waals surface area (Å²) in [5, 5.41) is 0.636. The van der Waals surface area contributed by atoms with Gasteiger partial charge in [0.05, 0.1) is 6.42 Å². The van der Waals surface area contributed by atoms with Crippen LogP contribution in [0.5, 0.6) is 0 Å². The highest BCUT2D eigenvalue weighted by molar-refractivity contribution is 6.31. The second kappa shape index (κ2) is 8.02. The average molecular weight is 349 g/mol. The number of carbonyl (C=O) groups excluding carboxylic acids is 2. The van der Waals surface area contributed by atoms with Gasteiger partial charge in [-0.05, 0) is 24.5 Å². The molecule has 0 atom stereocenters. The molecule has 3 rings (SSSR count). The summed E-state index contributed by atoms with van der Waals surface area (Å²) < 4.78 is 0. The molecule has 1 aromatic rings. The van der Waals surface area contributed by atoms with Gasteiger partial charge in [0.2, 0.25) is 11.8 Å². The molecule has 2 aliphatic rings. The molecular weight excluding hydrogens is 324 g/mol. The molecule has 130 valence electrons. The van der Waals surface area contributed by atoms with Crippen molar-refractivity contribution in [3.63, 3.8) is 0 Å². The predicted octanol–water partition coefficient (Wildman–Crippen LogP) is 3.13. The van der Waals surface area contributed by atoms with E-state index < -0.39 is 0 Å². The topological polar surface area (TPSA) is 40.6 Å². The zero-order valence-electron chi connectivity index (χ0n) is 14.0. The third-order valence-corrected chi connectivity index (χ3v) is 5.57. The summed E-state index contributed by atoms with van der Waals surface area (Å²) in [5.74, 6) is 0.602. The van der Waals surface area contributed by atoms with Crippen molar-refractivity contribution in [2.75, 3.05) is 26.2 Å². The first-order valence-electron chi connectivity index (χ1n) is 8.95. The van der Waals surface area contributed by atoms with Crippen LogP contribution < -0.4 is 0 Å². The Hall–Kier alpha value is -1.55. The zero-order chi connectivity index (χ0) is 16.9. The van der Waals surface area contributed by atoms with Crippen LogP contribution in [0.3, 0.4) is 0 Å². The van der Waals surface area contributed by atoms with E-state index in [1.165, 1.54) is 19.3 Å². The molecule has 1 saturated heterocycles. The molecule has 1 saturated carbocycles. The van der Waals surface area contributed by atoms with E-state index in [-0.39, 0.29) is 11.8 Å². The molecule has 4 nitrogen and oxygen atoms in total. The highest BCUT2D eigenvalue weighted by atomic mass is 35.5. The zero-order valence-corrected chi connectivity index (χ0v) is 14.8. The quantitative estimate of drug-likeness (QED) is 0.842. The number of amides is 2. The van der Waals surface area contributed by atoms with Crippen molar-refractivity contribution in [2.24, 2.45) is 5.92 Å². The summed E-state index contributed by atoms with van der Waals surface area (Å²) in [6.45, 7) is 2.57. The van der Waals surface area contributed by atoms with Crippen molar-refractivity contribution in [2.45, 2.75) is 38.5 Å². The summed E-state index contributed by atoms with van der Waals surface area (Å²) >= 11 is 6.13. The van der Waals surface area contributed by atoms with Crippen LogP contribution >= 0.6 is 11.6 Å². The molecule has 0 N–H and O–H groups in total. The van der Waals surface area contributed by atoms with Crippen molar-refractivity contribution in [3.8, 4) is 0 Å². The second-order valence-electron chi connectivity index (χ2n) is 6.81. The summed E-state index contributed by atoms with van der Waals surface area (Å²) in [6.07, 6.45) is 6.00. The van der Waals surface area contributed by atoms with Crippen LogP contribution in [0.2, 0.25) is 5.02 Å². The standard InChI is InChI=1S/C19H25ClN2O2/c20-17-9-5-4-8-16(17)14-18(23)21-10-12-22(13-11-21)19(24)15-6-2-1-3-7-15/h4-5,8-9,15H,1-3,6-7,10-14H2. The van der Waals surface area contributed by atoms with Crippen LogP contribution in [0, 0.1) is 5.92 Å². The SMILES string of the molecule is O=C(Cc1ccccc1Cl)N1CCN(C(=O)C2CCCCC2)CC1. The van der Waals surface area contributed by atoms with Gasteiger partial charge < -0.3 is 9.80 Å². The van der Waals surface area contributed by atoms with E-state index in [4.69, 9.17) is 11.6 Å². The van der Waals surface area contributed by atoms with Gasteiger partial charge in [-0.3, -0.25) is 9.59 Å². The van der Waals surface area contributed by atoms with Crippen molar-refractivity contribution in [3.05, 3.63) is 34.9 Å². The van der Waals surface area contributed by atoms with Crippen molar-refractivity contribution in [1.29, 1.82) is 0 Å². The van der Waals surface area contributed by atoms with Crippen LogP contribution in [0.25, 0.3) is 0 Å². The highest BCUT2D eigenvalue weighted by Gasteiger charge is 2.29. The number of piperazine rings is 1. The van der Waals surface area contributed by atoms with Gasteiger partial charge in [-0.2, -0.15) is 0 Å². The highest BCUT2D eigenvalue weighted by Crippen LogP contribution is 2.26. The number of halogens is 1. The Morgan fingerprint density at radius 2 is 1.58 bits per heavy atom.